The predicted octanol–water partition coefficient (Wildman–Crippen LogP) is 1.97. The van der Waals surface area contributed by atoms with Crippen molar-refractivity contribution in [3.8, 4) is 6.07 Å². The Hall–Kier alpha value is -0.750. The number of nitrogens with zero attached hydrogens (tertiary/aromatic N) is 2. The van der Waals surface area contributed by atoms with Gasteiger partial charge >= 0.3 is 0 Å². The van der Waals surface area contributed by atoms with E-state index in [0.717, 1.165) is 4.57 Å². The van der Waals surface area contributed by atoms with Gasteiger partial charge in [0.1, 0.15) is 11.8 Å². The minimum atomic E-state index is -2.29. The quantitative estimate of drug-likeness (QED) is 0.632. The van der Waals surface area contributed by atoms with Gasteiger partial charge in [-0.3, -0.25) is 0 Å². The molecule has 1 aromatic rings. The lowest BCUT2D eigenvalue weighted by molar-refractivity contribution is 0.863. The second kappa shape index (κ2) is 2.47. The number of nitriles is 1. The zero-order chi connectivity index (χ0) is 10.2. The Bertz CT molecular complexity index is 372. The first-order valence-corrected chi connectivity index (χ1v) is 3.45. The molecule has 1 rings (SSSR count). The highest BCUT2D eigenvalue weighted by atomic mass is 79.9. The van der Waals surface area contributed by atoms with Crippen LogP contribution in [0.5, 0.6) is 0 Å². The number of halogens is 1. The van der Waals surface area contributed by atoms with E-state index in [1.165, 1.54) is 6.07 Å². The van der Waals surface area contributed by atoms with Crippen LogP contribution in [0.2, 0.25) is 0 Å². The summed E-state index contributed by atoms with van der Waals surface area (Å²) in [6.45, 7) is -0.640. The smallest absolute Gasteiger partial charge is 0.121 e. The Morgan fingerprint density at radius 3 is 3.00 bits per heavy atom. The molecule has 1 heterocycles. The molecule has 0 saturated carbocycles. The maximum Gasteiger partial charge on any atom is 0.121 e. The normalized spacial score (nSPS) is 15.1. The average Bonchev–Trinajstić information content (AvgIpc) is 2.26. The van der Waals surface area contributed by atoms with Crippen molar-refractivity contribution in [1.82, 2.24) is 4.57 Å². The second-order valence-corrected chi connectivity index (χ2v) is 2.76. The molecule has 0 atom stereocenters. The Kier molecular flexibility index (Phi) is 1.04. The number of hydrogen-bond donors (Lipinski definition) is 0. The molecule has 0 aliphatic heterocycles. The van der Waals surface area contributed by atoms with Gasteiger partial charge in [-0.25, -0.2) is 0 Å². The maximum atomic E-state index is 8.68. The first-order chi connectivity index (χ1) is 5.88. The average molecular weight is 202 g/mol. The third kappa shape index (κ3) is 0.952. The fourth-order valence-electron chi connectivity index (χ4n) is 0.659. The zero-order valence-electron chi connectivity index (χ0n) is 8.35. The molecule has 3 heteroatoms. The van der Waals surface area contributed by atoms with E-state index >= 15 is 0 Å². The van der Waals surface area contributed by atoms with E-state index in [4.69, 9.17) is 9.37 Å². The van der Waals surface area contributed by atoms with Crippen LogP contribution in [0, 0.1) is 18.3 Å². The molecule has 0 radical (unpaired) electrons. The minimum absolute atomic E-state index is 0.143. The third-order valence-electron chi connectivity index (χ3n) is 1.30. The summed E-state index contributed by atoms with van der Waals surface area (Å²) in [5.41, 5.74) is 0.681. The van der Waals surface area contributed by atoms with E-state index in [2.05, 4.69) is 15.9 Å². The van der Waals surface area contributed by atoms with Crippen molar-refractivity contribution in [2.45, 2.75) is 6.92 Å². The Labute approximate surface area is 72.4 Å². The molecule has 52 valence electrons. The SMILES string of the molecule is [2H]C([2H])([2H])n1c(C#N)cc(Br)c1C. The molecule has 10 heavy (non-hydrogen) atoms. The summed E-state index contributed by atoms with van der Waals surface area (Å²) in [5, 5.41) is 8.68. The lowest BCUT2D eigenvalue weighted by Crippen LogP contribution is -1.92. The molecule has 0 amide bonds. The van der Waals surface area contributed by atoms with Crippen LogP contribution in [0.1, 0.15) is 15.5 Å². The van der Waals surface area contributed by atoms with E-state index in [1.54, 1.807) is 6.92 Å². The van der Waals surface area contributed by atoms with Gasteiger partial charge in [-0.15, -0.1) is 0 Å². The second-order valence-electron chi connectivity index (χ2n) is 1.91. The number of aromatic nitrogens is 1. The van der Waals surface area contributed by atoms with Gasteiger partial charge in [0.25, 0.3) is 0 Å². The van der Waals surface area contributed by atoms with Gasteiger partial charge in [-0.05, 0) is 28.9 Å². The van der Waals surface area contributed by atoms with Crippen molar-refractivity contribution in [2.24, 2.45) is 6.98 Å². The van der Waals surface area contributed by atoms with Crippen molar-refractivity contribution in [2.75, 3.05) is 0 Å². The molecule has 0 aliphatic carbocycles. The highest BCUT2D eigenvalue weighted by Gasteiger charge is 2.04. The van der Waals surface area contributed by atoms with Gasteiger partial charge in [0.2, 0.25) is 0 Å². The van der Waals surface area contributed by atoms with Crippen molar-refractivity contribution >= 4 is 15.9 Å². The molecule has 0 aromatic carbocycles. The predicted molar refractivity (Wildman–Crippen MR) is 42.6 cm³/mol. The van der Waals surface area contributed by atoms with Crippen molar-refractivity contribution < 1.29 is 4.11 Å². The lowest BCUT2D eigenvalue weighted by atomic mass is 10.4. The molecule has 2 nitrogen and oxygen atoms in total. The first kappa shape index (κ1) is 4.20. The molecule has 0 N–H and O–H groups in total. The molecule has 0 unspecified atom stereocenters. The number of hydrogen-bond acceptors (Lipinski definition) is 1. The van der Waals surface area contributed by atoms with Crippen LogP contribution in [0.25, 0.3) is 0 Å². The molecular weight excluding hydrogens is 192 g/mol. The lowest BCUT2D eigenvalue weighted by Gasteiger charge is -1.95. The van der Waals surface area contributed by atoms with Gasteiger partial charge in [-0.2, -0.15) is 5.26 Å². The fourth-order valence-corrected chi connectivity index (χ4v) is 1.05. The molecule has 0 spiro atoms. The summed E-state index contributed by atoms with van der Waals surface area (Å²) < 4.78 is 23.3. The maximum absolute atomic E-state index is 8.68. The van der Waals surface area contributed by atoms with Crippen molar-refractivity contribution in [1.29, 1.82) is 5.26 Å². The Morgan fingerprint density at radius 1 is 1.90 bits per heavy atom. The van der Waals surface area contributed by atoms with E-state index < -0.39 is 6.98 Å². The van der Waals surface area contributed by atoms with Gasteiger partial charge in [0.05, 0.1) is 0 Å². The monoisotopic (exact) mass is 201 g/mol. The summed E-state index contributed by atoms with van der Waals surface area (Å²) in [7, 11) is 0. The van der Waals surface area contributed by atoms with Crippen LogP contribution >= 0.6 is 15.9 Å². The van der Waals surface area contributed by atoms with E-state index in [-0.39, 0.29) is 5.69 Å². The van der Waals surface area contributed by atoms with Gasteiger partial charge < -0.3 is 4.57 Å². The highest BCUT2D eigenvalue weighted by molar-refractivity contribution is 9.10. The molecule has 0 aliphatic rings. The van der Waals surface area contributed by atoms with Crippen LogP contribution < -0.4 is 0 Å². The van der Waals surface area contributed by atoms with E-state index in [1.807, 2.05) is 6.07 Å². The standard InChI is InChI=1S/C7H7BrN2/c1-5-7(8)3-6(4-9)10(5)2/h3H,1-2H3/i2D3. The van der Waals surface area contributed by atoms with Gasteiger partial charge in [0.15, 0.2) is 0 Å². The van der Waals surface area contributed by atoms with E-state index in [9.17, 15) is 0 Å². The third-order valence-corrected chi connectivity index (χ3v) is 2.10. The largest absolute Gasteiger partial charge is 0.339 e. The molecule has 0 fully saturated rings. The van der Waals surface area contributed by atoms with E-state index in [0.29, 0.717) is 10.2 Å². The van der Waals surface area contributed by atoms with Crippen LogP contribution in [0.4, 0.5) is 0 Å². The molecule has 0 bridgehead atoms. The van der Waals surface area contributed by atoms with Crippen LogP contribution in [-0.4, -0.2) is 4.57 Å². The summed E-state index contributed by atoms with van der Waals surface area (Å²) >= 11 is 3.18. The summed E-state index contributed by atoms with van der Waals surface area (Å²) in [4.78, 5) is 0. The minimum Gasteiger partial charge on any atom is -0.339 e. The van der Waals surface area contributed by atoms with Gasteiger partial charge in [0, 0.05) is 21.3 Å². The van der Waals surface area contributed by atoms with Crippen LogP contribution in [-0.2, 0) is 6.98 Å². The van der Waals surface area contributed by atoms with Crippen molar-refractivity contribution in [3.63, 3.8) is 0 Å². The fraction of sp³-hybridized carbons (Fsp3) is 0.286. The van der Waals surface area contributed by atoms with Crippen molar-refractivity contribution in [3.05, 3.63) is 21.9 Å². The highest BCUT2D eigenvalue weighted by Crippen LogP contribution is 2.18. The summed E-state index contributed by atoms with van der Waals surface area (Å²) in [6, 6.07) is 3.34. The van der Waals surface area contributed by atoms with Gasteiger partial charge in [-0.1, -0.05) is 0 Å². The van der Waals surface area contributed by atoms with Crippen LogP contribution in [0.15, 0.2) is 10.5 Å². The zero-order valence-corrected chi connectivity index (χ0v) is 6.94. The Morgan fingerprint density at radius 2 is 2.60 bits per heavy atom. The summed E-state index contributed by atoms with van der Waals surface area (Å²) in [6.07, 6.45) is 0. The van der Waals surface area contributed by atoms with Crippen LogP contribution in [0.3, 0.4) is 0 Å². The molecule has 1 aromatic heterocycles. The topological polar surface area (TPSA) is 28.7 Å². The molecule has 0 saturated heterocycles. The Balaban J connectivity index is 3.44. The number of rotatable bonds is 0. The first-order valence-electron chi connectivity index (χ1n) is 4.16. The molecular formula is C7H7BrN2. The summed E-state index contributed by atoms with van der Waals surface area (Å²) in [5.74, 6) is 0.